The fraction of sp³-hybridized carbons (Fsp3) is 0.276. The summed E-state index contributed by atoms with van der Waals surface area (Å²) in [6.07, 6.45) is 7.19. The molecule has 0 radical (unpaired) electrons. The van der Waals surface area contributed by atoms with Gasteiger partial charge in [-0.25, -0.2) is 0 Å². The molecule has 4 aliphatic carbocycles. The van der Waals surface area contributed by atoms with Crippen LogP contribution in [0.5, 0.6) is 0 Å². The molecule has 0 aliphatic heterocycles. The molecule has 0 saturated carbocycles. The maximum Gasteiger partial charge on any atom is 0.0726 e. The first-order valence-electron chi connectivity index (χ1n) is 22.2. The van der Waals surface area contributed by atoms with Crippen LogP contribution in [-0.2, 0) is 29.1 Å². The van der Waals surface area contributed by atoms with Crippen LogP contribution >= 0.6 is 0 Å². The lowest BCUT2D eigenvalue weighted by Crippen LogP contribution is -2.35. The molecule has 0 bridgehead atoms. The highest BCUT2D eigenvalue weighted by Gasteiger charge is 2.52. The molecule has 0 heterocycles. The van der Waals surface area contributed by atoms with E-state index in [0.29, 0.717) is 5.92 Å². The summed E-state index contributed by atoms with van der Waals surface area (Å²) < 4.78 is 0. The zero-order valence-corrected chi connectivity index (χ0v) is 35.6. The number of fused-ring (bicyclic) bond motifs is 12. The van der Waals surface area contributed by atoms with Crippen LogP contribution in [0.4, 0.5) is 17.1 Å². The molecule has 1 heteroatoms. The first-order chi connectivity index (χ1) is 28.6. The minimum Gasteiger partial charge on any atom is -0.310 e. The Balaban J connectivity index is 1.32. The normalized spacial score (nSPS) is 17.1. The van der Waals surface area contributed by atoms with Crippen LogP contribution in [0.25, 0.3) is 33.4 Å². The SMILES string of the molecule is CC(C)c1ccc2c(c1-c1cc3c(cc1N(c1ccccc1)c1ccc4c(c1)CCCC4)C1(c4ccccc4-c4ccccc41)c1ccccc1-3)C(C)(C)CCC2(C)C. The Hall–Kier alpha value is -5.66. The Labute approximate surface area is 351 Å². The van der Waals surface area contributed by atoms with E-state index in [2.05, 4.69) is 192 Å². The molecule has 1 spiro atoms. The molecule has 4 aliphatic rings. The van der Waals surface area contributed by atoms with Gasteiger partial charge >= 0.3 is 0 Å². The molecule has 59 heavy (non-hydrogen) atoms. The van der Waals surface area contributed by atoms with Crippen molar-refractivity contribution < 1.29 is 0 Å². The minimum atomic E-state index is -0.442. The van der Waals surface area contributed by atoms with Crippen molar-refractivity contribution in [3.05, 3.63) is 196 Å². The van der Waals surface area contributed by atoms with Gasteiger partial charge in [-0.05, 0) is 170 Å². The second-order valence-corrected chi connectivity index (χ2v) is 19.5. The van der Waals surface area contributed by atoms with Gasteiger partial charge in [0.05, 0.1) is 11.1 Å². The summed E-state index contributed by atoms with van der Waals surface area (Å²) in [5.41, 5.74) is 24.5. The summed E-state index contributed by atoms with van der Waals surface area (Å²) in [6, 6.07) is 56.6. The van der Waals surface area contributed by atoms with Crippen LogP contribution in [0.2, 0.25) is 0 Å². The Bertz CT molecular complexity index is 2770. The maximum atomic E-state index is 2.65. The zero-order valence-electron chi connectivity index (χ0n) is 35.6. The number of hydrogen-bond acceptors (Lipinski definition) is 1. The molecule has 7 aromatic carbocycles. The summed E-state index contributed by atoms with van der Waals surface area (Å²) in [4.78, 5) is 2.62. The molecule has 11 rings (SSSR count). The molecule has 0 aromatic heterocycles. The molecule has 0 atom stereocenters. The first kappa shape index (κ1) is 36.4. The molecule has 0 amide bonds. The Morgan fingerprint density at radius 2 is 1.03 bits per heavy atom. The summed E-state index contributed by atoms with van der Waals surface area (Å²) in [5, 5.41) is 0. The van der Waals surface area contributed by atoms with Crippen molar-refractivity contribution in [2.75, 3.05) is 4.90 Å². The van der Waals surface area contributed by atoms with Crippen molar-refractivity contribution in [1.29, 1.82) is 0 Å². The van der Waals surface area contributed by atoms with Crippen molar-refractivity contribution in [2.45, 2.75) is 102 Å². The lowest BCUT2D eigenvalue weighted by atomic mass is 9.60. The number of para-hydroxylation sites is 1. The fourth-order valence-electron chi connectivity index (χ4n) is 11.9. The van der Waals surface area contributed by atoms with Crippen LogP contribution in [0.1, 0.15) is 123 Å². The van der Waals surface area contributed by atoms with Crippen molar-refractivity contribution in [1.82, 2.24) is 0 Å². The molecule has 0 saturated heterocycles. The first-order valence-corrected chi connectivity index (χ1v) is 22.2. The van der Waals surface area contributed by atoms with Gasteiger partial charge in [-0.15, -0.1) is 0 Å². The van der Waals surface area contributed by atoms with Crippen LogP contribution in [-0.4, -0.2) is 0 Å². The van der Waals surface area contributed by atoms with Gasteiger partial charge in [0.25, 0.3) is 0 Å². The van der Waals surface area contributed by atoms with Crippen LogP contribution < -0.4 is 4.90 Å². The molecule has 0 fully saturated rings. The summed E-state index contributed by atoms with van der Waals surface area (Å²) in [7, 11) is 0. The van der Waals surface area contributed by atoms with E-state index >= 15 is 0 Å². The molecule has 1 nitrogen and oxygen atoms in total. The standard InChI is InChI=1S/C58H55N/c1-37(2)42-30-31-51-55(57(5,6)33-32-56(51,3)4)54(42)47-35-46-45-24-14-17-27-50(45)58(48-25-15-12-22-43(48)44-23-13-16-26-49(44)58)52(46)36-53(47)59(40-20-8-7-9-21-40)41-29-28-38-18-10-11-19-39(38)34-41/h7-9,12-17,20-31,34-37H,10-11,18-19,32-33H2,1-6H3. The van der Waals surface area contributed by atoms with E-state index in [0.717, 1.165) is 12.8 Å². The van der Waals surface area contributed by atoms with E-state index < -0.39 is 5.41 Å². The molecular weight excluding hydrogens is 711 g/mol. The van der Waals surface area contributed by atoms with E-state index in [9.17, 15) is 0 Å². The van der Waals surface area contributed by atoms with Gasteiger partial charge in [0.15, 0.2) is 0 Å². The third-order valence-electron chi connectivity index (χ3n) is 14.9. The largest absolute Gasteiger partial charge is 0.310 e. The van der Waals surface area contributed by atoms with Gasteiger partial charge in [-0.2, -0.15) is 0 Å². The highest BCUT2D eigenvalue weighted by molar-refractivity contribution is 6.01. The maximum absolute atomic E-state index is 2.65. The number of benzene rings is 7. The Morgan fingerprint density at radius 1 is 0.458 bits per heavy atom. The van der Waals surface area contributed by atoms with Crippen molar-refractivity contribution in [3.8, 4) is 33.4 Å². The third-order valence-corrected chi connectivity index (χ3v) is 14.9. The highest BCUT2D eigenvalue weighted by Crippen LogP contribution is 2.65. The van der Waals surface area contributed by atoms with Crippen molar-refractivity contribution in [2.24, 2.45) is 0 Å². The summed E-state index contributed by atoms with van der Waals surface area (Å²) in [6.45, 7) is 14.8. The predicted molar refractivity (Wildman–Crippen MR) is 249 cm³/mol. The van der Waals surface area contributed by atoms with Crippen LogP contribution in [0.3, 0.4) is 0 Å². The quantitative estimate of drug-likeness (QED) is 0.169. The second-order valence-electron chi connectivity index (χ2n) is 19.5. The highest BCUT2D eigenvalue weighted by atomic mass is 15.1. The topological polar surface area (TPSA) is 3.24 Å². The lowest BCUT2D eigenvalue weighted by Gasteiger charge is -2.44. The number of aryl methyl sites for hydroxylation is 2. The van der Waals surface area contributed by atoms with Crippen molar-refractivity contribution in [3.63, 3.8) is 0 Å². The van der Waals surface area contributed by atoms with E-state index in [1.807, 2.05) is 0 Å². The second kappa shape index (κ2) is 13.2. The van der Waals surface area contributed by atoms with Crippen LogP contribution in [0, 0.1) is 0 Å². The number of hydrogen-bond donors (Lipinski definition) is 0. The lowest BCUT2D eigenvalue weighted by molar-refractivity contribution is 0.332. The van der Waals surface area contributed by atoms with Crippen molar-refractivity contribution >= 4 is 17.1 Å². The van der Waals surface area contributed by atoms with Gasteiger partial charge in [-0.1, -0.05) is 151 Å². The fourth-order valence-corrected chi connectivity index (χ4v) is 11.9. The molecule has 7 aromatic rings. The van der Waals surface area contributed by atoms with Gasteiger partial charge < -0.3 is 4.90 Å². The minimum absolute atomic E-state index is 0.00717. The average molecular weight is 766 g/mol. The molecule has 0 N–H and O–H groups in total. The van der Waals surface area contributed by atoms with Gasteiger partial charge in [-0.3, -0.25) is 0 Å². The van der Waals surface area contributed by atoms with E-state index in [-0.39, 0.29) is 10.8 Å². The zero-order chi connectivity index (χ0) is 40.3. The number of anilines is 3. The predicted octanol–water partition coefficient (Wildman–Crippen LogP) is 15.5. The van der Waals surface area contributed by atoms with Gasteiger partial charge in [0.2, 0.25) is 0 Å². The summed E-state index contributed by atoms with van der Waals surface area (Å²) in [5.74, 6) is 0.346. The molecular formula is C58H55N. The number of rotatable bonds is 5. The third kappa shape index (κ3) is 5.22. The average Bonchev–Trinajstić information content (AvgIpc) is 3.72. The van der Waals surface area contributed by atoms with Crippen LogP contribution in [0.15, 0.2) is 146 Å². The number of nitrogens with zero attached hydrogens (tertiary/aromatic N) is 1. The molecule has 0 unspecified atom stereocenters. The Morgan fingerprint density at radius 3 is 1.68 bits per heavy atom. The molecule has 292 valence electrons. The van der Waals surface area contributed by atoms with Gasteiger partial charge in [0.1, 0.15) is 0 Å². The van der Waals surface area contributed by atoms with Gasteiger partial charge in [0, 0.05) is 16.9 Å². The smallest absolute Gasteiger partial charge is 0.0726 e. The summed E-state index contributed by atoms with van der Waals surface area (Å²) >= 11 is 0. The van der Waals surface area contributed by atoms with E-state index in [1.54, 1.807) is 0 Å². The Kier molecular flexibility index (Phi) is 8.13. The van der Waals surface area contributed by atoms with E-state index in [4.69, 9.17) is 0 Å². The van der Waals surface area contributed by atoms with E-state index in [1.165, 1.54) is 126 Å². The monoisotopic (exact) mass is 765 g/mol.